The number of rotatable bonds is 6. The predicted molar refractivity (Wildman–Crippen MR) is 142 cm³/mol. The third-order valence-electron chi connectivity index (χ3n) is 6.43. The number of thiophene rings is 1. The van der Waals surface area contributed by atoms with E-state index in [1.807, 2.05) is 0 Å². The van der Waals surface area contributed by atoms with Gasteiger partial charge in [0.2, 0.25) is 0 Å². The van der Waals surface area contributed by atoms with Crippen LogP contribution in [-0.4, -0.2) is 18.2 Å². The van der Waals surface area contributed by atoms with Crippen molar-refractivity contribution < 1.29 is 43.5 Å². The van der Waals surface area contributed by atoms with Gasteiger partial charge in [-0.25, -0.2) is 17.2 Å². The Balaban J connectivity index is 1.97. The molecule has 0 aliphatic heterocycles. The van der Waals surface area contributed by atoms with Gasteiger partial charge in [-0.05, 0) is 66.8 Å². The van der Waals surface area contributed by atoms with Crippen molar-refractivity contribution in [3.63, 3.8) is 0 Å². The van der Waals surface area contributed by atoms with Crippen LogP contribution in [0.4, 0.5) is 35.1 Å². The molecule has 0 saturated carbocycles. The van der Waals surface area contributed by atoms with E-state index in [-0.39, 0.29) is 21.6 Å². The van der Waals surface area contributed by atoms with Gasteiger partial charge in [-0.15, -0.1) is 11.3 Å². The van der Waals surface area contributed by atoms with Gasteiger partial charge in [0, 0.05) is 11.6 Å². The lowest BCUT2D eigenvalue weighted by molar-refractivity contribution is -0.138. The van der Waals surface area contributed by atoms with Crippen molar-refractivity contribution >= 4 is 21.2 Å². The van der Waals surface area contributed by atoms with Crippen molar-refractivity contribution in [2.45, 2.75) is 42.9 Å². The quantitative estimate of drug-likeness (QED) is 0.202. The van der Waals surface area contributed by atoms with E-state index in [0.717, 1.165) is 24.3 Å². The lowest BCUT2D eigenvalue weighted by Gasteiger charge is -2.17. The third kappa shape index (κ3) is 6.35. The number of hydrogen-bond donors (Lipinski definition) is 0. The lowest BCUT2D eigenvalue weighted by atomic mass is 10.0. The first-order valence-corrected chi connectivity index (χ1v) is 14.5. The van der Waals surface area contributed by atoms with Gasteiger partial charge in [-0.1, -0.05) is 6.07 Å². The summed E-state index contributed by atoms with van der Waals surface area (Å²) in [6.07, 6.45) is -10.1. The number of nitrogens with zero attached hydrogens (tertiary/aromatic N) is 2. The smallest absolute Gasteiger partial charge is 0.302 e. The van der Waals surface area contributed by atoms with Crippen LogP contribution in [0.2, 0.25) is 0 Å². The number of pyridine rings is 1. The Bertz CT molecular complexity index is 1930. The number of sulfone groups is 1. The summed E-state index contributed by atoms with van der Waals surface area (Å²) in [7, 11) is -4.18. The first-order chi connectivity index (χ1) is 19.8. The van der Waals surface area contributed by atoms with Gasteiger partial charge < -0.3 is 4.57 Å². The van der Waals surface area contributed by atoms with Gasteiger partial charge >= 0.3 is 12.4 Å². The first kappa shape index (κ1) is 31.9. The molecular weight excluding hydrogens is 628 g/mol. The zero-order valence-electron chi connectivity index (χ0n) is 21.9. The number of aromatic nitrogens is 1. The molecule has 5 nitrogen and oxygen atoms in total. The Morgan fingerprint density at radius 2 is 1.60 bits per heavy atom. The van der Waals surface area contributed by atoms with Crippen molar-refractivity contribution in [3.8, 4) is 27.8 Å². The molecule has 0 atom stereocenters. The van der Waals surface area contributed by atoms with Gasteiger partial charge in [0.15, 0.2) is 9.84 Å². The molecule has 2 heterocycles. The fourth-order valence-corrected chi connectivity index (χ4v) is 6.22. The predicted octanol–water partition coefficient (Wildman–Crippen LogP) is 7.66. The van der Waals surface area contributed by atoms with E-state index in [1.165, 1.54) is 25.3 Å². The summed E-state index contributed by atoms with van der Waals surface area (Å²) in [5.41, 5.74) is -6.59. The maximum absolute atomic E-state index is 14.5. The molecule has 43 heavy (non-hydrogen) atoms. The van der Waals surface area contributed by atoms with E-state index < -0.39 is 78.5 Å². The molecule has 0 fully saturated rings. The molecule has 4 aromatic rings. The average Bonchev–Trinajstić information content (AvgIpc) is 3.39. The zero-order valence-corrected chi connectivity index (χ0v) is 23.6. The molecule has 0 radical (unpaired) electrons. The molecule has 0 saturated heterocycles. The van der Waals surface area contributed by atoms with Crippen molar-refractivity contribution in [1.29, 1.82) is 5.26 Å². The second-order valence-corrected chi connectivity index (χ2v) is 13.0. The third-order valence-corrected chi connectivity index (χ3v) is 9.52. The second-order valence-electron chi connectivity index (χ2n) is 9.59. The van der Waals surface area contributed by atoms with Crippen LogP contribution < -0.4 is 5.56 Å². The molecule has 0 amide bonds. The summed E-state index contributed by atoms with van der Waals surface area (Å²) in [6.45, 7) is 1.84. The largest absolute Gasteiger partial charge is 0.417 e. The molecule has 4 rings (SSSR count). The molecule has 0 unspecified atom stereocenters. The van der Waals surface area contributed by atoms with E-state index in [9.17, 15) is 53.6 Å². The standard InChI is InChI=1S/C28H18F8N2O3S2/c1-14(2)43(40,41)20-6-16(5-18(8-20)27(31,32)33)17-7-25(42-13-17)24-10-22(28(34,35)36)21(11-37)26(39)38(24)12-15-3-4-19(29)9-23(15)30/h3-10,13-14H,12H2,1-2H3. The fraction of sp³-hybridized carbons (Fsp3) is 0.214. The Labute approximate surface area is 243 Å². The summed E-state index contributed by atoms with van der Waals surface area (Å²) in [5, 5.41) is 9.53. The summed E-state index contributed by atoms with van der Waals surface area (Å²) in [4.78, 5) is 12.4. The highest BCUT2D eigenvalue weighted by Gasteiger charge is 2.37. The Morgan fingerprint density at radius 3 is 2.16 bits per heavy atom. The molecule has 226 valence electrons. The van der Waals surface area contributed by atoms with Crippen molar-refractivity contribution in [1.82, 2.24) is 4.57 Å². The average molecular weight is 647 g/mol. The molecule has 0 spiro atoms. The molecule has 15 heteroatoms. The number of alkyl halides is 6. The topological polar surface area (TPSA) is 79.9 Å². The van der Waals surface area contributed by atoms with Crippen LogP contribution in [0, 0.1) is 23.0 Å². The van der Waals surface area contributed by atoms with Crippen LogP contribution in [-0.2, 0) is 28.7 Å². The normalized spacial score (nSPS) is 12.5. The van der Waals surface area contributed by atoms with Crippen molar-refractivity contribution in [2.75, 3.05) is 0 Å². The molecule has 0 aliphatic carbocycles. The van der Waals surface area contributed by atoms with Gasteiger partial charge in [0.25, 0.3) is 5.56 Å². The molecular formula is C28H18F8N2O3S2. The van der Waals surface area contributed by atoms with Crippen LogP contribution in [0.1, 0.15) is 36.1 Å². The SMILES string of the molecule is CC(C)S(=O)(=O)c1cc(-c2csc(-c3cc(C(F)(F)F)c(C#N)c(=O)n3Cc3ccc(F)cc3F)c2)cc(C(F)(F)F)c1. The summed E-state index contributed by atoms with van der Waals surface area (Å²) >= 11 is 0.709. The summed E-state index contributed by atoms with van der Waals surface area (Å²) < 4.78 is 137. The van der Waals surface area contributed by atoms with E-state index >= 15 is 0 Å². The van der Waals surface area contributed by atoms with Crippen LogP contribution in [0.25, 0.3) is 21.7 Å². The maximum atomic E-state index is 14.5. The molecule has 0 aliphatic rings. The van der Waals surface area contributed by atoms with Crippen LogP contribution in [0.3, 0.4) is 0 Å². The van der Waals surface area contributed by atoms with Gasteiger partial charge in [-0.2, -0.15) is 31.6 Å². The first-order valence-electron chi connectivity index (χ1n) is 12.1. The number of benzene rings is 2. The highest BCUT2D eigenvalue weighted by atomic mass is 32.2. The molecule has 0 bridgehead atoms. The summed E-state index contributed by atoms with van der Waals surface area (Å²) in [5.74, 6) is -2.08. The van der Waals surface area contributed by atoms with Crippen LogP contribution >= 0.6 is 11.3 Å². The highest BCUT2D eigenvalue weighted by Crippen LogP contribution is 2.40. The summed E-state index contributed by atoms with van der Waals surface area (Å²) in [6, 6.07) is 7.31. The maximum Gasteiger partial charge on any atom is 0.417 e. The van der Waals surface area contributed by atoms with Gasteiger partial charge in [-0.3, -0.25) is 4.79 Å². The van der Waals surface area contributed by atoms with Crippen molar-refractivity contribution in [3.05, 3.63) is 98.2 Å². The second kappa shape index (κ2) is 11.2. The highest BCUT2D eigenvalue weighted by molar-refractivity contribution is 7.92. The molecule has 2 aromatic carbocycles. The monoisotopic (exact) mass is 646 g/mol. The zero-order chi connectivity index (χ0) is 32.1. The number of hydrogen-bond acceptors (Lipinski definition) is 5. The molecule has 2 aromatic heterocycles. The van der Waals surface area contributed by atoms with E-state index in [1.54, 1.807) is 0 Å². The van der Waals surface area contributed by atoms with Crippen LogP contribution in [0.5, 0.6) is 0 Å². The minimum absolute atomic E-state index is 0.0174. The minimum atomic E-state index is -5.17. The minimum Gasteiger partial charge on any atom is -0.302 e. The van der Waals surface area contributed by atoms with E-state index in [2.05, 4.69) is 0 Å². The Hall–Kier alpha value is -4.03. The lowest BCUT2D eigenvalue weighted by Crippen LogP contribution is -2.28. The van der Waals surface area contributed by atoms with Gasteiger partial charge in [0.1, 0.15) is 23.3 Å². The Morgan fingerprint density at radius 1 is 0.930 bits per heavy atom. The van der Waals surface area contributed by atoms with Gasteiger partial charge in [0.05, 0.1) is 38.4 Å². The number of nitriles is 1. The van der Waals surface area contributed by atoms with Crippen molar-refractivity contribution in [2.24, 2.45) is 0 Å². The van der Waals surface area contributed by atoms with E-state index in [0.29, 0.717) is 40.2 Å². The fourth-order valence-electron chi connectivity index (χ4n) is 4.15. The number of halogens is 8. The molecule has 0 N–H and O–H groups in total. The van der Waals surface area contributed by atoms with Crippen LogP contribution in [0.15, 0.2) is 63.6 Å². The van der Waals surface area contributed by atoms with E-state index in [4.69, 9.17) is 0 Å². The Kier molecular flexibility index (Phi) is 8.33.